The number of hydrogen-bond donors (Lipinski definition) is 3. The van der Waals surface area contributed by atoms with Crippen molar-refractivity contribution in [1.29, 1.82) is 0 Å². The SMILES string of the molecule is NC(=O)c1cc(N)cc(Cl)c1NCC(F)(F)F. The van der Waals surface area contributed by atoms with E-state index in [0.29, 0.717) is 0 Å². The second kappa shape index (κ2) is 4.70. The van der Waals surface area contributed by atoms with E-state index in [-0.39, 0.29) is 22.0 Å². The lowest BCUT2D eigenvalue weighted by molar-refractivity contribution is -0.115. The number of benzene rings is 1. The number of rotatable bonds is 3. The summed E-state index contributed by atoms with van der Waals surface area (Å²) in [4.78, 5) is 11.0. The normalized spacial score (nSPS) is 11.3. The summed E-state index contributed by atoms with van der Waals surface area (Å²) in [5.74, 6) is -0.913. The van der Waals surface area contributed by atoms with Crippen LogP contribution < -0.4 is 16.8 Å². The van der Waals surface area contributed by atoms with Gasteiger partial charge >= 0.3 is 6.18 Å². The number of halogens is 4. The standard InChI is InChI=1S/C9H9ClF3N3O/c10-6-2-4(14)1-5(8(15)17)7(6)16-3-9(11,12)13/h1-2,16H,3,14H2,(H2,15,17). The molecule has 1 aromatic rings. The van der Waals surface area contributed by atoms with Gasteiger partial charge in [0.15, 0.2) is 0 Å². The summed E-state index contributed by atoms with van der Waals surface area (Å²) in [6.45, 7) is -1.32. The van der Waals surface area contributed by atoms with Crippen LogP contribution in [0, 0.1) is 0 Å². The van der Waals surface area contributed by atoms with Crippen LogP contribution in [-0.4, -0.2) is 18.6 Å². The van der Waals surface area contributed by atoms with E-state index in [4.69, 9.17) is 23.1 Å². The third kappa shape index (κ3) is 3.70. The molecule has 0 saturated carbocycles. The Kier molecular flexibility index (Phi) is 3.72. The van der Waals surface area contributed by atoms with Crippen LogP contribution in [0.4, 0.5) is 24.5 Å². The van der Waals surface area contributed by atoms with Gasteiger partial charge in [0.2, 0.25) is 0 Å². The third-order valence-corrected chi connectivity index (χ3v) is 2.14. The number of nitrogen functional groups attached to an aromatic ring is 1. The van der Waals surface area contributed by atoms with Crippen LogP contribution in [0.25, 0.3) is 0 Å². The van der Waals surface area contributed by atoms with Crippen molar-refractivity contribution >= 4 is 28.9 Å². The first-order valence-electron chi connectivity index (χ1n) is 4.40. The molecule has 0 aliphatic rings. The van der Waals surface area contributed by atoms with Crippen LogP contribution in [0.3, 0.4) is 0 Å². The highest BCUT2D eigenvalue weighted by Crippen LogP contribution is 2.30. The molecule has 0 fully saturated rings. The van der Waals surface area contributed by atoms with E-state index in [0.717, 1.165) is 6.07 Å². The summed E-state index contributed by atoms with van der Waals surface area (Å²) in [6.07, 6.45) is -4.43. The molecule has 1 amide bonds. The highest BCUT2D eigenvalue weighted by molar-refractivity contribution is 6.34. The Morgan fingerprint density at radius 1 is 1.41 bits per heavy atom. The summed E-state index contributed by atoms with van der Waals surface area (Å²) < 4.78 is 36.1. The number of hydrogen-bond acceptors (Lipinski definition) is 3. The maximum atomic E-state index is 12.0. The Morgan fingerprint density at radius 3 is 2.47 bits per heavy atom. The molecule has 1 aromatic carbocycles. The second-order valence-corrected chi connectivity index (χ2v) is 3.67. The second-order valence-electron chi connectivity index (χ2n) is 3.26. The minimum Gasteiger partial charge on any atom is -0.399 e. The number of anilines is 2. The van der Waals surface area contributed by atoms with Gasteiger partial charge in [0.25, 0.3) is 5.91 Å². The largest absolute Gasteiger partial charge is 0.405 e. The lowest BCUT2D eigenvalue weighted by Gasteiger charge is -2.14. The molecule has 0 heterocycles. The number of alkyl halides is 3. The Hall–Kier alpha value is -1.63. The summed E-state index contributed by atoms with van der Waals surface area (Å²) in [5.41, 5.74) is 10.2. The zero-order valence-electron chi connectivity index (χ0n) is 8.44. The monoisotopic (exact) mass is 267 g/mol. The van der Waals surface area contributed by atoms with E-state index < -0.39 is 18.6 Å². The topological polar surface area (TPSA) is 81.1 Å². The van der Waals surface area contributed by atoms with E-state index in [9.17, 15) is 18.0 Å². The fourth-order valence-electron chi connectivity index (χ4n) is 1.19. The molecule has 0 spiro atoms. The van der Waals surface area contributed by atoms with Crippen LogP contribution in [0.15, 0.2) is 12.1 Å². The van der Waals surface area contributed by atoms with Gasteiger partial charge in [-0.05, 0) is 12.1 Å². The zero-order valence-corrected chi connectivity index (χ0v) is 9.19. The molecule has 0 atom stereocenters. The maximum Gasteiger partial charge on any atom is 0.405 e. The van der Waals surface area contributed by atoms with Crippen molar-refractivity contribution in [1.82, 2.24) is 0 Å². The first-order valence-corrected chi connectivity index (χ1v) is 4.78. The molecule has 0 aliphatic heterocycles. The summed E-state index contributed by atoms with van der Waals surface area (Å²) in [6, 6.07) is 2.39. The molecular formula is C9H9ClF3N3O. The van der Waals surface area contributed by atoms with Gasteiger partial charge in [-0.2, -0.15) is 13.2 Å². The smallest absolute Gasteiger partial charge is 0.399 e. The molecule has 5 N–H and O–H groups in total. The van der Waals surface area contributed by atoms with Crippen molar-refractivity contribution in [2.45, 2.75) is 6.18 Å². The number of primary amides is 1. The number of nitrogens with one attached hydrogen (secondary N) is 1. The molecule has 8 heteroatoms. The Morgan fingerprint density at radius 2 is 2.00 bits per heavy atom. The van der Waals surface area contributed by atoms with E-state index in [2.05, 4.69) is 0 Å². The van der Waals surface area contributed by atoms with Crippen LogP contribution in [0.1, 0.15) is 10.4 Å². The van der Waals surface area contributed by atoms with Crippen LogP contribution in [-0.2, 0) is 0 Å². The lowest BCUT2D eigenvalue weighted by atomic mass is 10.1. The van der Waals surface area contributed by atoms with Crippen molar-refractivity contribution < 1.29 is 18.0 Å². The maximum absolute atomic E-state index is 12.0. The average molecular weight is 268 g/mol. The number of amides is 1. The summed E-state index contributed by atoms with van der Waals surface area (Å²) in [7, 11) is 0. The van der Waals surface area contributed by atoms with Crippen molar-refractivity contribution in [2.24, 2.45) is 5.73 Å². The van der Waals surface area contributed by atoms with Gasteiger partial charge in [0, 0.05) is 5.69 Å². The first-order chi connectivity index (χ1) is 7.70. The molecule has 0 aromatic heterocycles. The van der Waals surface area contributed by atoms with Gasteiger partial charge in [-0.15, -0.1) is 0 Å². The quantitative estimate of drug-likeness (QED) is 0.733. The average Bonchev–Trinajstić information content (AvgIpc) is 2.13. The highest BCUT2D eigenvalue weighted by Gasteiger charge is 2.28. The van der Waals surface area contributed by atoms with Gasteiger partial charge in [-0.1, -0.05) is 11.6 Å². The van der Waals surface area contributed by atoms with Crippen molar-refractivity contribution in [3.05, 3.63) is 22.7 Å². The van der Waals surface area contributed by atoms with Gasteiger partial charge in [-0.25, -0.2) is 0 Å². The molecule has 4 nitrogen and oxygen atoms in total. The number of carbonyl (C=O) groups excluding carboxylic acids is 1. The van der Waals surface area contributed by atoms with Crippen molar-refractivity contribution in [3.8, 4) is 0 Å². The predicted octanol–water partition coefficient (Wildman–Crippen LogP) is 2.00. The van der Waals surface area contributed by atoms with Gasteiger partial charge in [0.1, 0.15) is 6.54 Å². The molecule has 0 radical (unpaired) electrons. The molecule has 94 valence electrons. The number of carbonyl (C=O) groups is 1. The van der Waals surface area contributed by atoms with Crippen LogP contribution >= 0.6 is 11.6 Å². The zero-order chi connectivity index (χ0) is 13.2. The number of nitrogens with two attached hydrogens (primary N) is 2. The highest BCUT2D eigenvalue weighted by atomic mass is 35.5. The molecular weight excluding hydrogens is 259 g/mol. The molecule has 0 aliphatic carbocycles. The molecule has 0 unspecified atom stereocenters. The van der Waals surface area contributed by atoms with E-state index >= 15 is 0 Å². The Labute approximate surface area is 99.7 Å². The summed E-state index contributed by atoms with van der Waals surface area (Å²) in [5, 5.41) is 1.92. The Bertz CT molecular complexity index is 448. The van der Waals surface area contributed by atoms with Crippen LogP contribution in [0.5, 0.6) is 0 Å². The van der Waals surface area contributed by atoms with Crippen LogP contribution in [0.2, 0.25) is 5.02 Å². The molecule has 17 heavy (non-hydrogen) atoms. The minimum absolute atomic E-state index is 0.0944. The minimum atomic E-state index is -4.43. The third-order valence-electron chi connectivity index (χ3n) is 1.84. The van der Waals surface area contributed by atoms with Gasteiger partial charge < -0.3 is 16.8 Å². The fraction of sp³-hybridized carbons (Fsp3) is 0.222. The van der Waals surface area contributed by atoms with Crippen molar-refractivity contribution in [2.75, 3.05) is 17.6 Å². The molecule has 0 saturated heterocycles. The van der Waals surface area contributed by atoms with E-state index in [1.807, 2.05) is 5.32 Å². The van der Waals surface area contributed by atoms with E-state index in [1.54, 1.807) is 0 Å². The fourth-order valence-corrected chi connectivity index (χ4v) is 1.48. The first kappa shape index (κ1) is 13.4. The van der Waals surface area contributed by atoms with Gasteiger partial charge in [0.05, 0.1) is 16.3 Å². The molecule has 0 bridgehead atoms. The Balaban J connectivity index is 3.09. The molecule has 1 rings (SSSR count). The van der Waals surface area contributed by atoms with Crippen molar-refractivity contribution in [3.63, 3.8) is 0 Å². The van der Waals surface area contributed by atoms with Gasteiger partial charge in [-0.3, -0.25) is 4.79 Å². The van der Waals surface area contributed by atoms with E-state index in [1.165, 1.54) is 6.07 Å². The predicted molar refractivity (Wildman–Crippen MR) is 58.9 cm³/mol. The summed E-state index contributed by atoms with van der Waals surface area (Å²) >= 11 is 5.69. The lowest BCUT2D eigenvalue weighted by Crippen LogP contribution is -2.23.